The molecule has 0 saturated carbocycles. The second-order valence-corrected chi connectivity index (χ2v) is 10.6. The number of nitrogens with one attached hydrogen (secondary N) is 1. The summed E-state index contributed by atoms with van der Waals surface area (Å²) in [6.45, 7) is 4.87. The molecule has 2 unspecified atom stereocenters. The number of benzene rings is 2. The lowest BCUT2D eigenvalue weighted by Crippen LogP contribution is -2.33. The first-order chi connectivity index (χ1) is 14.7. The second-order valence-electron chi connectivity index (χ2n) is 6.62. The highest BCUT2D eigenvalue weighted by Gasteiger charge is 2.33. The summed E-state index contributed by atoms with van der Waals surface area (Å²) in [4.78, 5) is 23.9. The summed E-state index contributed by atoms with van der Waals surface area (Å²) in [5.41, 5.74) is 0.237. The number of carbonyl (C=O) groups excluding carboxylic acids is 1. The van der Waals surface area contributed by atoms with Crippen LogP contribution in [-0.2, 0) is 15.8 Å². The van der Waals surface area contributed by atoms with E-state index in [1.807, 2.05) is 0 Å². The quantitative estimate of drug-likeness (QED) is 0.359. The summed E-state index contributed by atoms with van der Waals surface area (Å²) in [5, 5.41) is 4.74. The van der Waals surface area contributed by atoms with E-state index in [0.29, 0.717) is 27.6 Å². The van der Waals surface area contributed by atoms with Crippen LogP contribution in [0, 0.1) is 0 Å². The van der Waals surface area contributed by atoms with Gasteiger partial charge in [-0.1, -0.05) is 42.1 Å². The van der Waals surface area contributed by atoms with Gasteiger partial charge in [-0.05, 0) is 47.7 Å². The average molecular weight is 482 g/mol. The molecule has 0 saturated heterocycles. The number of amides is 1. The molecule has 0 aliphatic carbocycles. The van der Waals surface area contributed by atoms with Gasteiger partial charge in [0.05, 0.1) is 14.2 Å². The number of methoxy groups -OCH3 is 2. The van der Waals surface area contributed by atoms with Crippen LogP contribution in [0.3, 0.4) is 0 Å². The van der Waals surface area contributed by atoms with Gasteiger partial charge in [-0.2, -0.15) is 0 Å². The number of rotatable bonds is 10. The van der Waals surface area contributed by atoms with Gasteiger partial charge in [0.15, 0.2) is 11.5 Å². The van der Waals surface area contributed by atoms with Gasteiger partial charge in [0.1, 0.15) is 5.66 Å². The molecule has 0 radical (unpaired) electrons. The first-order valence-electron chi connectivity index (χ1n) is 9.25. The second kappa shape index (κ2) is 11.4. The maximum Gasteiger partial charge on any atom is 0.237 e. The predicted octanol–water partition coefficient (Wildman–Crippen LogP) is 5.19. The summed E-state index contributed by atoms with van der Waals surface area (Å²) in [6.07, 6.45) is 3.11. The van der Waals surface area contributed by atoms with Crippen LogP contribution in [0.2, 0.25) is 5.02 Å². The third-order valence-corrected chi connectivity index (χ3v) is 7.08. The molecule has 2 aromatic carbocycles. The summed E-state index contributed by atoms with van der Waals surface area (Å²) in [5.74, 6) is 0.497. The zero-order valence-corrected chi connectivity index (χ0v) is 20.0. The Labute approximate surface area is 191 Å². The summed E-state index contributed by atoms with van der Waals surface area (Å²) in [6, 6.07) is 10.6. The standard InChI is InChI=1S/C22H25ClNO5PS/c1-5-31-20-10-9-17(23)13-16(20)14-19(30(4,26)27)22(25)24-12-11-15-7-6-8-18(28-2)21(15)29-3/h5-13,19H,1,14H2,2-4H3,(H,24,25)(H,26,27)/b12-11+. The Bertz CT molecular complexity index is 1020. The molecule has 6 nitrogen and oxygen atoms in total. The van der Waals surface area contributed by atoms with Gasteiger partial charge in [0.2, 0.25) is 13.3 Å². The van der Waals surface area contributed by atoms with Crippen molar-refractivity contribution in [1.29, 1.82) is 0 Å². The minimum absolute atomic E-state index is 0.0587. The molecule has 2 atom stereocenters. The van der Waals surface area contributed by atoms with E-state index in [4.69, 9.17) is 21.1 Å². The van der Waals surface area contributed by atoms with Crippen LogP contribution < -0.4 is 14.8 Å². The SMILES string of the molecule is C=CSc1ccc(Cl)cc1CC(C(=O)N/C=C/c1cccc(OC)c1OC)P(C)(=O)O. The molecule has 2 N–H and O–H groups in total. The minimum atomic E-state index is -3.76. The van der Waals surface area contributed by atoms with E-state index in [0.717, 1.165) is 4.90 Å². The lowest BCUT2D eigenvalue weighted by atomic mass is 10.1. The number of hydrogen-bond acceptors (Lipinski definition) is 5. The molecule has 9 heteroatoms. The maximum absolute atomic E-state index is 12.8. The van der Waals surface area contributed by atoms with Crippen LogP contribution >= 0.6 is 30.7 Å². The fourth-order valence-electron chi connectivity index (χ4n) is 2.95. The van der Waals surface area contributed by atoms with E-state index in [1.165, 1.54) is 38.8 Å². The largest absolute Gasteiger partial charge is 0.493 e. The summed E-state index contributed by atoms with van der Waals surface area (Å²) < 4.78 is 23.1. The van der Waals surface area contributed by atoms with Crippen LogP contribution in [-0.4, -0.2) is 37.3 Å². The van der Waals surface area contributed by atoms with E-state index < -0.39 is 18.9 Å². The zero-order chi connectivity index (χ0) is 23.0. The molecule has 0 fully saturated rings. The highest BCUT2D eigenvalue weighted by molar-refractivity contribution is 8.02. The monoisotopic (exact) mass is 481 g/mol. The van der Waals surface area contributed by atoms with Crippen molar-refractivity contribution in [3.8, 4) is 11.5 Å². The van der Waals surface area contributed by atoms with Crippen molar-refractivity contribution in [3.05, 3.63) is 70.7 Å². The molecular weight excluding hydrogens is 457 g/mol. The number of thioether (sulfide) groups is 1. The molecule has 0 aliphatic rings. The molecule has 166 valence electrons. The van der Waals surface area contributed by atoms with E-state index in [2.05, 4.69) is 11.9 Å². The van der Waals surface area contributed by atoms with Crippen molar-refractivity contribution >= 4 is 42.7 Å². The molecule has 2 aromatic rings. The number of hydrogen-bond donors (Lipinski definition) is 2. The van der Waals surface area contributed by atoms with Gasteiger partial charge in [-0.25, -0.2) is 0 Å². The van der Waals surface area contributed by atoms with Crippen molar-refractivity contribution in [1.82, 2.24) is 5.32 Å². The van der Waals surface area contributed by atoms with Gasteiger partial charge in [0.25, 0.3) is 0 Å². The molecule has 0 spiro atoms. The first-order valence-corrected chi connectivity index (χ1v) is 12.7. The maximum atomic E-state index is 12.8. The molecule has 0 aromatic heterocycles. The lowest BCUT2D eigenvalue weighted by molar-refractivity contribution is -0.119. The highest BCUT2D eigenvalue weighted by atomic mass is 35.5. The highest BCUT2D eigenvalue weighted by Crippen LogP contribution is 2.44. The smallest absolute Gasteiger partial charge is 0.237 e. The fraction of sp³-hybridized carbons (Fsp3) is 0.227. The van der Waals surface area contributed by atoms with Crippen LogP contribution in [0.4, 0.5) is 0 Å². The van der Waals surface area contributed by atoms with Crippen molar-refractivity contribution in [3.63, 3.8) is 0 Å². The molecular formula is C22H25ClNO5PS. The topological polar surface area (TPSA) is 84.9 Å². The van der Waals surface area contributed by atoms with E-state index in [9.17, 15) is 14.3 Å². The lowest BCUT2D eigenvalue weighted by Gasteiger charge is -2.20. The van der Waals surface area contributed by atoms with Gasteiger partial charge < -0.3 is 19.7 Å². The van der Waals surface area contributed by atoms with E-state index in [-0.39, 0.29) is 6.42 Å². The van der Waals surface area contributed by atoms with E-state index in [1.54, 1.807) is 47.9 Å². The Morgan fingerprint density at radius 2 is 2.06 bits per heavy atom. The van der Waals surface area contributed by atoms with Crippen molar-refractivity contribution in [2.45, 2.75) is 17.0 Å². The van der Waals surface area contributed by atoms with E-state index >= 15 is 0 Å². The molecule has 0 aliphatic heterocycles. The number of halogens is 1. The van der Waals surface area contributed by atoms with Gasteiger partial charge in [-0.15, -0.1) is 0 Å². The van der Waals surface area contributed by atoms with Crippen molar-refractivity contribution in [2.75, 3.05) is 20.9 Å². The normalized spacial score (nSPS) is 14.0. The van der Waals surface area contributed by atoms with Crippen LogP contribution in [0.1, 0.15) is 11.1 Å². The average Bonchev–Trinajstić information content (AvgIpc) is 2.72. The third kappa shape index (κ3) is 6.91. The number of carbonyl (C=O) groups is 1. The van der Waals surface area contributed by atoms with Crippen LogP contribution in [0.25, 0.3) is 6.08 Å². The van der Waals surface area contributed by atoms with Crippen molar-refractivity contribution in [2.24, 2.45) is 0 Å². The Balaban J connectivity index is 2.25. The Morgan fingerprint density at radius 1 is 1.32 bits per heavy atom. The number of para-hydroxylation sites is 1. The van der Waals surface area contributed by atoms with Gasteiger partial charge in [0, 0.05) is 28.3 Å². The Hall–Kier alpha value is -2.18. The van der Waals surface area contributed by atoms with Crippen LogP contribution in [0.15, 0.2) is 59.5 Å². The molecule has 0 heterocycles. The third-order valence-electron chi connectivity index (χ3n) is 4.45. The predicted molar refractivity (Wildman–Crippen MR) is 127 cm³/mol. The van der Waals surface area contributed by atoms with Crippen molar-refractivity contribution < 1.29 is 23.7 Å². The van der Waals surface area contributed by atoms with Crippen LogP contribution in [0.5, 0.6) is 11.5 Å². The molecule has 1 amide bonds. The number of ether oxygens (including phenoxy) is 2. The first kappa shape index (κ1) is 25.1. The molecule has 2 rings (SSSR count). The van der Waals surface area contributed by atoms with Gasteiger partial charge in [-0.3, -0.25) is 9.36 Å². The Morgan fingerprint density at radius 3 is 2.68 bits per heavy atom. The Kier molecular flexibility index (Phi) is 9.26. The molecule has 0 bridgehead atoms. The van der Waals surface area contributed by atoms with Gasteiger partial charge >= 0.3 is 0 Å². The minimum Gasteiger partial charge on any atom is -0.493 e. The molecule has 31 heavy (non-hydrogen) atoms. The summed E-state index contributed by atoms with van der Waals surface area (Å²) in [7, 11) is -0.705. The summed E-state index contributed by atoms with van der Waals surface area (Å²) >= 11 is 7.46. The zero-order valence-electron chi connectivity index (χ0n) is 17.5. The fourth-order valence-corrected chi connectivity index (χ4v) is 4.81.